The van der Waals surface area contributed by atoms with Gasteiger partial charge in [-0.1, -0.05) is 18.2 Å². The molecule has 2 aromatic rings. The SMILES string of the molecule is NC(N)=N/N=C/C=C/c1cccn1-c1ccccc1. The number of guanidine groups is 1. The highest BCUT2D eigenvalue weighted by Crippen LogP contribution is 2.13. The van der Waals surface area contributed by atoms with Crippen molar-refractivity contribution in [2.24, 2.45) is 21.7 Å². The topological polar surface area (TPSA) is 81.7 Å². The van der Waals surface area contributed by atoms with Crippen LogP contribution in [0, 0.1) is 0 Å². The second kappa shape index (κ2) is 6.20. The lowest BCUT2D eigenvalue weighted by atomic mass is 10.3. The van der Waals surface area contributed by atoms with Gasteiger partial charge >= 0.3 is 0 Å². The summed E-state index contributed by atoms with van der Waals surface area (Å²) in [6.07, 6.45) is 7.24. The molecule has 0 radical (unpaired) electrons. The summed E-state index contributed by atoms with van der Waals surface area (Å²) in [6, 6.07) is 14.1. The highest BCUT2D eigenvalue weighted by molar-refractivity contribution is 5.80. The first-order valence-electron chi connectivity index (χ1n) is 5.79. The zero-order chi connectivity index (χ0) is 13.5. The van der Waals surface area contributed by atoms with E-state index in [0.717, 1.165) is 11.4 Å². The third kappa shape index (κ3) is 3.57. The van der Waals surface area contributed by atoms with Gasteiger partial charge in [0.1, 0.15) is 0 Å². The number of hydrogen-bond donors (Lipinski definition) is 2. The summed E-state index contributed by atoms with van der Waals surface area (Å²) in [7, 11) is 0. The van der Waals surface area contributed by atoms with E-state index in [1.165, 1.54) is 6.21 Å². The summed E-state index contributed by atoms with van der Waals surface area (Å²) in [6.45, 7) is 0. The van der Waals surface area contributed by atoms with Crippen LogP contribution in [0.4, 0.5) is 0 Å². The molecule has 96 valence electrons. The maximum Gasteiger partial charge on any atom is 0.211 e. The van der Waals surface area contributed by atoms with E-state index < -0.39 is 0 Å². The molecule has 0 atom stereocenters. The first-order chi connectivity index (χ1) is 9.27. The minimum atomic E-state index is -0.0580. The highest BCUT2D eigenvalue weighted by atomic mass is 15.3. The van der Waals surface area contributed by atoms with Crippen LogP contribution < -0.4 is 11.5 Å². The molecule has 0 aliphatic carbocycles. The molecule has 5 heteroatoms. The van der Waals surface area contributed by atoms with Crippen LogP contribution in [0.15, 0.2) is 64.9 Å². The normalized spacial score (nSPS) is 11.2. The van der Waals surface area contributed by atoms with E-state index in [1.807, 2.05) is 54.7 Å². The van der Waals surface area contributed by atoms with Gasteiger partial charge in [0.25, 0.3) is 0 Å². The van der Waals surface area contributed by atoms with E-state index in [1.54, 1.807) is 6.08 Å². The zero-order valence-corrected chi connectivity index (χ0v) is 10.3. The van der Waals surface area contributed by atoms with E-state index in [9.17, 15) is 0 Å². The van der Waals surface area contributed by atoms with Crippen molar-refractivity contribution in [3.63, 3.8) is 0 Å². The fraction of sp³-hybridized carbons (Fsp3) is 0. The molecule has 0 fully saturated rings. The van der Waals surface area contributed by atoms with Crippen LogP contribution in [0.5, 0.6) is 0 Å². The number of allylic oxidation sites excluding steroid dienone is 1. The van der Waals surface area contributed by atoms with Gasteiger partial charge in [0.05, 0.1) is 0 Å². The largest absolute Gasteiger partial charge is 0.369 e. The van der Waals surface area contributed by atoms with Crippen LogP contribution in [0.25, 0.3) is 11.8 Å². The molecule has 4 N–H and O–H groups in total. The summed E-state index contributed by atoms with van der Waals surface area (Å²) >= 11 is 0. The Morgan fingerprint density at radius 2 is 1.84 bits per heavy atom. The predicted molar refractivity (Wildman–Crippen MR) is 79.1 cm³/mol. The Kier molecular flexibility index (Phi) is 4.12. The van der Waals surface area contributed by atoms with E-state index in [2.05, 4.69) is 14.8 Å². The van der Waals surface area contributed by atoms with Crippen LogP contribution in [0.1, 0.15) is 5.69 Å². The lowest BCUT2D eigenvalue weighted by Gasteiger charge is -2.05. The maximum atomic E-state index is 5.16. The van der Waals surface area contributed by atoms with E-state index in [0.29, 0.717) is 0 Å². The van der Waals surface area contributed by atoms with Gasteiger partial charge in [-0.05, 0) is 36.4 Å². The number of rotatable bonds is 4. The van der Waals surface area contributed by atoms with Crippen molar-refractivity contribution in [1.29, 1.82) is 0 Å². The smallest absolute Gasteiger partial charge is 0.211 e. The zero-order valence-electron chi connectivity index (χ0n) is 10.3. The molecule has 0 saturated carbocycles. The molecule has 1 aromatic heterocycles. The maximum absolute atomic E-state index is 5.16. The number of benzene rings is 1. The number of nitrogens with two attached hydrogens (primary N) is 2. The van der Waals surface area contributed by atoms with E-state index >= 15 is 0 Å². The first-order valence-corrected chi connectivity index (χ1v) is 5.79. The van der Waals surface area contributed by atoms with Crippen LogP contribution in [0.3, 0.4) is 0 Å². The second-order valence-electron chi connectivity index (χ2n) is 3.79. The van der Waals surface area contributed by atoms with Crippen LogP contribution in [-0.2, 0) is 0 Å². The van der Waals surface area contributed by atoms with Crippen molar-refractivity contribution >= 4 is 18.3 Å². The number of hydrogen-bond acceptors (Lipinski definition) is 2. The summed E-state index contributed by atoms with van der Waals surface area (Å²) < 4.78 is 2.07. The van der Waals surface area contributed by atoms with Gasteiger partial charge in [-0.15, -0.1) is 5.10 Å². The summed E-state index contributed by atoms with van der Waals surface area (Å²) in [4.78, 5) is 0. The molecular weight excluding hydrogens is 238 g/mol. The Bertz CT molecular complexity index is 604. The average Bonchev–Trinajstić information content (AvgIpc) is 2.87. The molecule has 5 nitrogen and oxygen atoms in total. The fourth-order valence-electron chi connectivity index (χ4n) is 1.63. The molecule has 0 unspecified atom stereocenters. The van der Waals surface area contributed by atoms with Crippen LogP contribution >= 0.6 is 0 Å². The van der Waals surface area contributed by atoms with Crippen molar-refractivity contribution in [3.8, 4) is 5.69 Å². The molecule has 0 saturated heterocycles. The van der Waals surface area contributed by atoms with Crippen molar-refractivity contribution in [2.45, 2.75) is 0 Å². The third-order valence-electron chi connectivity index (χ3n) is 2.41. The van der Waals surface area contributed by atoms with Crippen molar-refractivity contribution < 1.29 is 0 Å². The van der Waals surface area contributed by atoms with Gasteiger partial charge in [-0.3, -0.25) is 0 Å². The van der Waals surface area contributed by atoms with Gasteiger partial charge in [0.2, 0.25) is 5.96 Å². The Morgan fingerprint density at radius 1 is 1.05 bits per heavy atom. The van der Waals surface area contributed by atoms with Gasteiger partial charge in [0, 0.05) is 23.8 Å². The third-order valence-corrected chi connectivity index (χ3v) is 2.41. The van der Waals surface area contributed by atoms with E-state index in [-0.39, 0.29) is 5.96 Å². The molecule has 0 bridgehead atoms. The Morgan fingerprint density at radius 3 is 2.58 bits per heavy atom. The number of para-hydroxylation sites is 1. The Hall–Kier alpha value is -2.82. The minimum absolute atomic E-state index is 0.0580. The van der Waals surface area contributed by atoms with Crippen LogP contribution in [-0.4, -0.2) is 16.7 Å². The molecule has 0 amide bonds. The van der Waals surface area contributed by atoms with Crippen molar-refractivity contribution in [3.05, 3.63) is 60.4 Å². The standard InChI is InChI=1S/C14H15N5/c15-14(16)18-17-10-4-8-13-9-5-11-19(13)12-6-2-1-3-7-12/h1-11H,(H4,15,16,18)/b8-4+,17-10+. The van der Waals surface area contributed by atoms with Crippen molar-refractivity contribution in [2.75, 3.05) is 0 Å². The highest BCUT2D eigenvalue weighted by Gasteiger charge is 1.98. The molecule has 19 heavy (non-hydrogen) atoms. The second-order valence-corrected chi connectivity index (χ2v) is 3.79. The lowest BCUT2D eigenvalue weighted by Crippen LogP contribution is -2.21. The number of nitrogens with zero attached hydrogens (tertiary/aromatic N) is 3. The van der Waals surface area contributed by atoms with Gasteiger partial charge < -0.3 is 16.0 Å². The minimum Gasteiger partial charge on any atom is -0.369 e. The Labute approximate surface area is 111 Å². The fourth-order valence-corrected chi connectivity index (χ4v) is 1.63. The quantitative estimate of drug-likeness (QED) is 0.494. The molecule has 0 aliphatic rings. The number of aromatic nitrogens is 1. The Balaban J connectivity index is 2.15. The van der Waals surface area contributed by atoms with Gasteiger partial charge in [0.15, 0.2) is 0 Å². The van der Waals surface area contributed by atoms with Crippen LogP contribution in [0.2, 0.25) is 0 Å². The van der Waals surface area contributed by atoms with Crippen molar-refractivity contribution in [1.82, 2.24) is 4.57 Å². The molecule has 1 heterocycles. The molecule has 0 aliphatic heterocycles. The first kappa shape index (κ1) is 12.6. The lowest BCUT2D eigenvalue weighted by molar-refractivity contribution is 1.06. The van der Waals surface area contributed by atoms with Gasteiger partial charge in [-0.2, -0.15) is 5.10 Å². The average molecular weight is 253 g/mol. The molecule has 0 spiro atoms. The summed E-state index contributed by atoms with van der Waals surface area (Å²) in [5.74, 6) is -0.0580. The molecule has 1 aromatic carbocycles. The summed E-state index contributed by atoms with van der Waals surface area (Å²) in [5.41, 5.74) is 12.5. The molecular formula is C14H15N5. The molecule has 2 rings (SSSR count). The van der Waals surface area contributed by atoms with E-state index in [4.69, 9.17) is 11.5 Å². The summed E-state index contributed by atoms with van der Waals surface area (Å²) in [5, 5.41) is 7.20. The predicted octanol–water partition coefficient (Wildman–Crippen LogP) is 1.75. The van der Waals surface area contributed by atoms with Gasteiger partial charge in [-0.25, -0.2) is 0 Å². The monoisotopic (exact) mass is 253 g/mol.